The van der Waals surface area contributed by atoms with Crippen molar-refractivity contribution < 1.29 is 4.79 Å². The fraction of sp³-hybridized carbons (Fsp3) is 0.750. The van der Waals surface area contributed by atoms with E-state index in [1.165, 1.54) is 6.42 Å². The molecule has 21 heavy (non-hydrogen) atoms. The molecule has 0 aliphatic carbocycles. The average Bonchev–Trinajstić information content (AvgIpc) is 3.09. The van der Waals surface area contributed by atoms with Gasteiger partial charge < -0.3 is 9.47 Å². The molecule has 2 aliphatic heterocycles. The smallest absolute Gasteiger partial charge is 0.222 e. The maximum atomic E-state index is 11.9. The Hall–Kier alpha value is -1.36. The number of amides is 1. The van der Waals surface area contributed by atoms with E-state index in [9.17, 15) is 4.79 Å². The van der Waals surface area contributed by atoms with Crippen molar-refractivity contribution in [3.63, 3.8) is 0 Å². The molecule has 2 aliphatic rings. The molecule has 1 unspecified atom stereocenters. The van der Waals surface area contributed by atoms with Gasteiger partial charge in [0.2, 0.25) is 5.91 Å². The number of rotatable bonds is 5. The summed E-state index contributed by atoms with van der Waals surface area (Å²) in [5.74, 6) is 1.51. The maximum Gasteiger partial charge on any atom is 0.222 e. The lowest BCUT2D eigenvalue weighted by atomic mass is 10.0. The van der Waals surface area contributed by atoms with Crippen LogP contribution in [0.3, 0.4) is 0 Å². The van der Waals surface area contributed by atoms with Gasteiger partial charge in [-0.1, -0.05) is 6.92 Å². The first-order valence-corrected chi connectivity index (χ1v) is 8.29. The van der Waals surface area contributed by atoms with Gasteiger partial charge in [0.25, 0.3) is 0 Å². The van der Waals surface area contributed by atoms with Crippen LogP contribution in [0, 0.1) is 0 Å². The molecular weight excluding hydrogens is 264 g/mol. The summed E-state index contributed by atoms with van der Waals surface area (Å²) in [6, 6.07) is 0.420. The van der Waals surface area contributed by atoms with Gasteiger partial charge in [0.1, 0.15) is 5.82 Å². The van der Waals surface area contributed by atoms with Crippen molar-refractivity contribution in [1.82, 2.24) is 19.4 Å². The molecule has 0 aromatic carbocycles. The minimum atomic E-state index is 0.356. The van der Waals surface area contributed by atoms with Crippen molar-refractivity contribution in [3.05, 3.63) is 18.2 Å². The van der Waals surface area contributed by atoms with Crippen LogP contribution in [0.25, 0.3) is 0 Å². The predicted molar refractivity (Wildman–Crippen MR) is 81.8 cm³/mol. The predicted octanol–water partition coefficient (Wildman–Crippen LogP) is 1.88. The van der Waals surface area contributed by atoms with E-state index in [1.807, 2.05) is 6.20 Å². The number of imidazole rings is 1. The fourth-order valence-corrected chi connectivity index (χ4v) is 3.62. The molecule has 0 bridgehead atoms. The van der Waals surface area contributed by atoms with Crippen molar-refractivity contribution in [1.29, 1.82) is 0 Å². The summed E-state index contributed by atoms with van der Waals surface area (Å²) in [4.78, 5) is 21.0. The highest BCUT2D eigenvalue weighted by Gasteiger charge is 2.31. The molecule has 2 saturated heterocycles. The van der Waals surface area contributed by atoms with Crippen LogP contribution in [-0.4, -0.2) is 50.9 Å². The molecule has 116 valence electrons. The molecule has 0 N–H and O–H groups in total. The number of hydrogen-bond donors (Lipinski definition) is 0. The Kier molecular flexibility index (Phi) is 4.58. The molecule has 5 heteroatoms. The van der Waals surface area contributed by atoms with Gasteiger partial charge in [-0.3, -0.25) is 9.69 Å². The number of carbonyl (C=O) groups is 1. The molecule has 1 atom stereocenters. The van der Waals surface area contributed by atoms with Gasteiger partial charge in [-0.2, -0.15) is 0 Å². The van der Waals surface area contributed by atoms with Crippen molar-refractivity contribution in [3.8, 4) is 0 Å². The lowest BCUT2D eigenvalue weighted by Gasteiger charge is -2.37. The maximum absolute atomic E-state index is 11.9. The standard InChI is InChI=1S/C16H26N4O/c1-2-8-19-11-7-17-15(19)13-18-9-3-5-14(12-18)20-10-4-6-16(20)21/h7,11,14H,2-6,8-10,12-13H2,1H3. The summed E-state index contributed by atoms with van der Waals surface area (Å²) in [6.07, 6.45) is 9.23. The van der Waals surface area contributed by atoms with E-state index in [-0.39, 0.29) is 0 Å². The minimum Gasteiger partial charge on any atom is -0.338 e. The highest BCUT2D eigenvalue weighted by Crippen LogP contribution is 2.22. The largest absolute Gasteiger partial charge is 0.338 e. The molecule has 5 nitrogen and oxygen atoms in total. The van der Waals surface area contributed by atoms with Gasteiger partial charge in [-0.15, -0.1) is 0 Å². The summed E-state index contributed by atoms with van der Waals surface area (Å²) in [5.41, 5.74) is 0. The third-order valence-electron chi connectivity index (χ3n) is 4.66. The number of nitrogens with zero attached hydrogens (tertiary/aromatic N) is 4. The van der Waals surface area contributed by atoms with E-state index in [4.69, 9.17) is 0 Å². The van der Waals surface area contributed by atoms with Crippen LogP contribution >= 0.6 is 0 Å². The Morgan fingerprint density at radius 1 is 1.33 bits per heavy atom. The quantitative estimate of drug-likeness (QED) is 0.831. The normalized spacial score (nSPS) is 24.0. The van der Waals surface area contributed by atoms with Gasteiger partial charge >= 0.3 is 0 Å². The van der Waals surface area contributed by atoms with Crippen molar-refractivity contribution in [2.75, 3.05) is 19.6 Å². The van der Waals surface area contributed by atoms with Crippen LogP contribution in [-0.2, 0) is 17.9 Å². The van der Waals surface area contributed by atoms with Gasteiger partial charge in [0, 0.05) is 44.5 Å². The Balaban J connectivity index is 1.60. The molecular formula is C16H26N4O. The molecule has 1 amide bonds. The van der Waals surface area contributed by atoms with E-state index in [2.05, 4.69) is 32.5 Å². The lowest BCUT2D eigenvalue weighted by molar-refractivity contribution is -0.130. The Bertz CT molecular complexity index is 484. The average molecular weight is 290 g/mol. The topological polar surface area (TPSA) is 41.4 Å². The molecule has 0 spiro atoms. The van der Waals surface area contributed by atoms with Gasteiger partial charge in [-0.05, 0) is 32.2 Å². The molecule has 0 saturated carbocycles. The monoisotopic (exact) mass is 290 g/mol. The van der Waals surface area contributed by atoms with E-state index in [1.54, 1.807) is 0 Å². The molecule has 1 aromatic rings. The molecule has 3 heterocycles. The van der Waals surface area contributed by atoms with Crippen molar-refractivity contribution >= 4 is 5.91 Å². The Labute approximate surface area is 126 Å². The van der Waals surface area contributed by atoms with Gasteiger partial charge in [0.05, 0.1) is 6.54 Å². The molecule has 1 aromatic heterocycles. The van der Waals surface area contributed by atoms with E-state index < -0.39 is 0 Å². The van der Waals surface area contributed by atoms with Crippen LogP contribution in [0.15, 0.2) is 12.4 Å². The van der Waals surface area contributed by atoms with Gasteiger partial charge in [-0.25, -0.2) is 4.98 Å². The van der Waals surface area contributed by atoms with E-state index >= 15 is 0 Å². The first kappa shape index (κ1) is 14.6. The number of piperidine rings is 1. The van der Waals surface area contributed by atoms with E-state index in [0.717, 1.165) is 64.2 Å². The third kappa shape index (κ3) is 3.28. The number of hydrogen-bond acceptors (Lipinski definition) is 3. The molecule has 0 radical (unpaired) electrons. The van der Waals surface area contributed by atoms with E-state index in [0.29, 0.717) is 11.9 Å². The second-order valence-electron chi connectivity index (χ2n) is 6.26. The first-order valence-electron chi connectivity index (χ1n) is 8.29. The van der Waals surface area contributed by atoms with Crippen LogP contribution in [0.5, 0.6) is 0 Å². The molecule has 3 rings (SSSR count). The van der Waals surface area contributed by atoms with Crippen LogP contribution < -0.4 is 0 Å². The number of aryl methyl sites for hydroxylation is 1. The molecule has 2 fully saturated rings. The summed E-state index contributed by atoms with van der Waals surface area (Å²) in [5, 5.41) is 0. The first-order chi connectivity index (χ1) is 10.3. The second kappa shape index (κ2) is 6.60. The van der Waals surface area contributed by atoms with Crippen LogP contribution in [0.4, 0.5) is 0 Å². The Morgan fingerprint density at radius 2 is 2.24 bits per heavy atom. The van der Waals surface area contributed by atoms with Crippen LogP contribution in [0.2, 0.25) is 0 Å². The highest BCUT2D eigenvalue weighted by atomic mass is 16.2. The number of likely N-dealkylation sites (tertiary alicyclic amines) is 2. The zero-order valence-corrected chi connectivity index (χ0v) is 13.0. The number of carbonyl (C=O) groups excluding carboxylic acids is 1. The zero-order valence-electron chi connectivity index (χ0n) is 13.0. The summed E-state index contributed by atoms with van der Waals surface area (Å²) >= 11 is 0. The zero-order chi connectivity index (χ0) is 14.7. The minimum absolute atomic E-state index is 0.356. The third-order valence-corrected chi connectivity index (χ3v) is 4.66. The number of aromatic nitrogens is 2. The van der Waals surface area contributed by atoms with Crippen molar-refractivity contribution in [2.45, 2.75) is 58.2 Å². The fourth-order valence-electron chi connectivity index (χ4n) is 3.62. The second-order valence-corrected chi connectivity index (χ2v) is 6.26. The SMILES string of the molecule is CCCn1ccnc1CN1CCCC(N2CCCC2=O)C1. The van der Waals surface area contributed by atoms with Crippen molar-refractivity contribution in [2.24, 2.45) is 0 Å². The summed E-state index contributed by atoms with van der Waals surface area (Å²) < 4.78 is 2.25. The Morgan fingerprint density at radius 3 is 3.00 bits per heavy atom. The summed E-state index contributed by atoms with van der Waals surface area (Å²) in [6.45, 7) is 7.23. The lowest BCUT2D eigenvalue weighted by Crippen LogP contribution is -2.48. The van der Waals surface area contributed by atoms with Crippen LogP contribution in [0.1, 0.15) is 44.9 Å². The summed E-state index contributed by atoms with van der Waals surface area (Å²) in [7, 11) is 0. The highest BCUT2D eigenvalue weighted by molar-refractivity contribution is 5.78. The van der Waals surface area contributed by atoms with Gasteiger partial charge in [0.15, 0.2) is 0 Å².